The fourth-order valence-electron chi connectivity index (χ4n) is 2.68. The molecule has 0 saturated heterocycles. The average Bonchev–Trinajstić information content (AvgIpc) is 2.46. The van der Waals surface area contributed by atoms with Gasteiger partial charge in [0.25, 0.3) is 0 Å². The van der Waals surface area contributed by atoms with Crippen LogP contribution in [0.2, 0.25) is 0 Å². The largest absolute Gasteiger partial charge is 0.497 e. The average molecular weight is 271 g/mol. The lowest BCUT2D eigenvalue weighted by Gasteiger charge is -2.24. The van der Waals surface area contributed by atoms with Gasteiger partial charge in [-0.2, -0.15) is 0 Å². The molecule has 104 valence electrons. The van der Waals surface area contributed by atoms with E-state index in [1.807, 2.05) is 12.1 Å². The van der Waals surface area contributed by atoms with Gasteiger partial charge in [-0.3, -0.25) is 0 Å². The van der Waals surface area contributed by atoms with E-state index in [0.717, 1.165) is 18.4 Å². The number of aryl methyl sites for hydroxylation is 1. The fourth-order valence-corrected chi connectivity index (χ4v) is 2.68. The summed E-state index contributed by atoms with van der Waals surface area (Å²) < 4.78 is 19.2. The Morgan fingerprint density at radius 2 is 2.05 bits per heavy atom. The predicted molar refractivity (Wildman–Crippen MR) is 79.8 cm³/mol. The number of fused-ring (bicyclic) bond motifs is 1. The van der Waals surface area contributed by atoms with Crippen molar-refractivity contribution in [2.45, 2.75) is 25.8 Å². The van der Waals surface area contributed by atoms with Crippen LogP contribution in [0.5, 0.6) is 5.75 Å². The SMILES string of the molecule is COc1ccc(-c2ccc3c(c2)CCC(C)N3)c(F)c1. The highest BCUT2D eigenvalue weighted by molar-refractivity contribution is 5.70. The third kappa shape index (κ3) is 2.36. The van der Waals surface area contributed by atoms with Crippen molar-refractivity contribution in [3.63, 3.8) is 0 Å². The van der Waals surface area contributed by atoms with Gasteiger partial charge < -0.3 is 10.1 Å². The zero-order chi connectivity index (χ0) is 14.1. The summed E-state index contributed by atoms with van der Waals surface area (Å²) in [6.07, 6.45) is 2.15. The van der Waals surface area contributed by atoms with E-state index in [4.69, 9.17) is 4.74 Å². The molecule has 0 aromatic heterocycles. The van der Waals surface area contributed by atoms with Crippen molar-refractivity contribution in [1.29, 1.82) is 0 Å². The molecule has 1 unspecified atom stereocenters. The maximum atomic E-state index is 14.1. The molecule has 3 heteroatoms. The molecule has 2 aromatic rings. The molecule has 1 N–H and O–H groups in total. The van der Waals surface area contributed by atoms with Crippen molar-refractivity contribution in [3.8, 4) is 16.9 Å². The molecule has 0 spiro atoms. The van der Waals surface area contributed by atoms with Crippen LogP contribution in [-0.2, 0) is 6.42 Å². The van der Waals surface area contributed by atoms with Gasteiger partial charge in [0.1, 0.15) is 11.6 Å². The summed E-state index contributed by atoms with van der Waals surface area (Å²) in [5, 5.41) is 3.46. The number of hydrogen-bond donors (Lipinski definition) is 1. The van der Waals surface area contributed by atoms with Crippen LogP contribution in [0.4, 0.5) is 10.1 Å². The molecule has 20 heavy (non-hydrogen) atoms. The Kier molecular flexibility index (Phi) is 3.35. The normalized spacial score (nSPS) is 17.2. The molecular formula is C17H18FNO. The van der Waals surface area contributed by atoms with Crippen molar-refractivity contribution >= 4 is 5.69 Å². The summed E-state index contributed by atoms with van der Waals surface area (Å²) in [6.45, 7) is 2.18. The molecule has 0 bridgehead atoms. The summed E-state index contributed by atoms with van der Waals surface area (Å²) in [5.41, 5.74) is 3.96. The number of benzene rings is 2. The molecule has 0 fully saturated rings. The monoisotopic (exact) mass is 271 g/mol. The Balaban J connectivity index is 1.99. The highest BCUT2D eigenvalue weighted by Crippen LogP contribution is 2.32. The molecular weight excluding hydrogens is 253 g/mol. The number of methoxy groups -OCH3 is 1. The van der Waals surface area contributed by atoms with Gasteiger partial charge in [0.05, 0.1) is 7.11 Å². The minimum absolute atomic E-state index is 0.249. The minimum Gasteiger partial charge on any atom is -0.497 e. The van der Waals surface area contributed by atoms with Crippen LogP contribution in [0.25, 0.3) is 11.1 Å². The zero-order valence-electron chi connectivity index (χ0n) is 11.7. The molecule has 2 aromatic carbocycles. The third-order valence-electron chi connectivity index (χ3n) is 3.84. The molecule has 1 aliphatic heterocycles. The van der Waals surface area contributed by atoms with Gasteiger partial charge in [0.15, 0.2) is 0 Å². The van der Waals surface area contributed by atoms with E-state index in [2.05, 4.69) is 18.3 Å². The van der Waals surface area contributed by atoms with E-state index in [1.165, 1.54) is 17.3 Å². The lowest BCUT2D eigenvalue weighted by atomic mass is 9.94. The van der Waals surface area contributed by atoms with Crippen LogP contribution in [0.1, 0.15) is 18.9 Å². The van der Waals surface area contributed by atoms with Crippen LogP contribution in [0, 0.1) is 5.82 Å². The summed E-state index contributed by atoms with van der Waals surface area (Å²) in [4.78, 5) is 0. The van der Waals surface area contributed by atoms with E-state index in [9.17, 15) is 4.39 Å². The van der Waals surface area contributed by atoms with Gasteiger partial charge in [-0.25, -0.2) is 4.39 Å². The molecule has 3 rings (SSSR count). The second kappa shape index (κ2) is 5.16. The van der Waals surface area contributed by atoms with Crippen molar-refractivity contribution in [2.75, 3.05) is 12.4 Å². The van der Waals surface area contributed by atoms with Crippen LogP contribution >= 0.6 is 0 Å². The summed E-state index contributed by atoms with van der Waals surface area (Å²) >= 11 is 0. The predicted octanol–water partition coefficient (Wildman–Crippen LogP) is 4.25. The second-order valence-corrected chi connectivity index (χ2v) is 5.30. The van der Waals surface area contributed by atoms with Crippen molar-refractivity contribution in [3.05, 3.63) is 47.8 Å². The van der Waals surface area contributed by atoms with Gasteiger partial charge in [-0.1, -0.05) is 6.07 Å². The Hall–Kier alpha value is -2.03. The highest BCUT2D eigenvalue weighted by atomic mass is 19.1. The Morgan fingerprint density at radius 3 is 2.80 bits per heavy atom. The van der Waals surface area contributed by atoms with E-state index < -0.39 is 0 Å². The maximum Gasteiger partial charge on any atom is 0.134 e. The first kappa shape index (κ1) is 13.0. The molecule has 0 saturated carbocycles. The van der Waals surface area contributed by atoms with Crippen molar-refractivity contribution in [2.24, 2.45) is 0 Å². The number of anilines is 1. The van der Waals surface area contributed by atoms with Crippen LogP contribution in [0.3, 0.4) is 0 Å². The lowest BCUT2D eigenvalue weighted by Crippen LogP contribution is -2.21. The molecule has 2 nitrogen and oxygen atoms in total. The molecule has 1 aliphatic rings. The van der Waals surface area contributed by atoms with E-state index in [-0.39, 0.29) is 5.82 Å². The first-order chi connectivity index (χ1) is 9.67. The van der Waals surface area contributed by atoms with Crippen molar-refractivity contribution < 1.29 is 9.13 Å². The van der Waals surface area contributed by atoms with Crippen LogP contribution in [0.15, 0.2) is 36.4 Å². The Morgan fingerprint density at radius 1 is 1.20 bits per heavy atom. The van der Waals surface area contributed by atoms with Crippen LogP contribution in [-0.4, -0.2) is 13.2 Å². The number of nitrogens with one attached hydrogen (secondary N) is 1. The summed E-state index contributed by atoms with van der Waals surface area (Å²) in [5.74, 6) is 0.293. The number of rotatable bonds is 2. The van der Waals surface area contributed by atoms with Gasteiger partial charge in [-0.05, 0) is 55.2 Å². The molecule has 1 atom stereocenters. The lowest BCUT2D eigenvalue weighted by molar-refractivity contribution is 0.411. The minimum atomic E-state index is -0.249. The maximum absolute atomic E-state index is 14.1. The number of halogens is 1. The molecule has 0 amide bonds. The molecule has 1 heterocycles. The van der Waals surface area contributed by atoms with Gasteiger partial charge in [0, 0.05) is 23.4 Å². The standard InChI is InChI=1S/C17H18FNO/c1-11-3-4-13-9-12(5-8-17(13)19-11)15-7-6-14(20-2)10-16(15)18/h5-11,19H,3-4H2,1-2H3. The number of ether oxygens (including phenoxy) is 1. The first-order valence-corrected chi connectivity index (χ1v) is 6.91. The third-order valence-corrected chi connectivity index (χ3v) is 3.84. The van der Waals surface area contributed by atoms with Crippen molar-refractivity contribution in [1.82, 2.24) is 0 Å². The number of hydrogen-bond acceptors (Lipinski definition) is 2. The topological polar surface area (TPSA) is 21.3 Å². The van der Waals surface area contributed by atoms with Gasteiger partial charge in [0.2, 0.25) is 0 Å². The summed E-state index contributed by atoms with van der Waals surface area (Å²) in [7, 11) is 1.54. The highest BCUT2D eigenvalue weighted by Gasteiger charge is 2.15. The van der Waals surface area contributed by atoms with E-state index in [1.54, 1.807) is 19.2 Å². The Labute approximate surface area is 118 Å². The fraction of sp³-hybridized carbons (Fsp3) is 0.294. The van der Waals surface area contributed by atoms with E-state index in [0.29, 0.717) is 17.4 Å². The van der Waals surface area contributed by atoms with Gasteiger partial charge >= 0.3 is 0 Å². The molecule has 0 aliphatic carbocycles. The smallest absolute Gasteiger partial charge is 0.134 e. The van der Waals surface area contributed by atoms with Gasteiger partial charge in [-0.15, -0.1) is 0 Å². The first-order valence-electron chi connectivity index (χ1n) is 6.91. The zero-order valence-corrected chi connectivity index (χ0v) is 11.7. The molecule has 0 radical (unpaired) electrons. The van der Waals surface area contributed by atoms with E-state index >= 15 is 0 Å². The van der Waals surface area contributed by atoms with Crippen LogP contribution < -0.4 is 10.1 Å². The quantitative estimate of drug-likeness (QED) is 0.881. The summed E-state index contributed by atoms with van der Waals surface area (Å²) in [6, 6.07) is 11.6. The Bertz CT molecular complexity index is 639. The second-order valence-electron chi connectivity index (χ2n) is 5.30.